The number of fused-ring (bicyclic) bond motifs is 1. The number of aromatic nitrogens is 2. The van der Waals surface area contributed by atoms with Crippen molar-refractivity contribution < 1.29 is 23.5 Å². The number of hydrogen-bond donors (Lipinski definition) is 2. The van der Waals surface area contributed by atoms with Crippen LogP contribution in [0.2, 0.25) is 0 Å². The highest BCUT2D eigenvalue weighted by atomic mass is 32.1. The lowest BCUT2D eigenvalue weighted by molar-refractivity contribution is -0.137. The van der Waals surface area contributed by atoms with Crippen LogP contribution >= 0.6 is 12.2 Å². The summed E-state index contributed by atoms with van der Waals surface area (Å²) in [5.74, 6) is -2.08. The van der Waals surface area contributed by atoms with Crippen LogP contribution in [-0.2, 0) is 35.5 Å². The molecule has 0 fully saturated rings. The predicted molar refractivity (Wildman–Crippen MR) is 95.8 cm³/mol. The summed E-state index contributed by atoms with van der Waals surface area (Å²) < 4.78 is 31.6. The van der Waals surface area contributed by atoms with Crippen molar-refractivity contribution in [3.05, 3.63) is 51.6 Å². The molecule has 1 aromatic heterocycles. The lowest BCUT2D eigenvalue weighted by Crippen LogP contribution is -2.23. The lowest BCUT2D eigenvalue weighted by Gasteiger charge is -2.27. The summed E-state index contributed by atoms with van der Waals surface area (Å²) in [6.07, 6.45) is 3.69. The molecule has 2 N–H and O–H groups in total. The predicted octanol–water partition coefficient (Wildman–Crippen LogP) is 2.75. The number of carbonyl (C=O) groups excluding carboxylic acids is 1. The molecule has 6 nitrogen and oxygen atoms in total. The number of amides is 1. The standard InChI is InChI=1S/C18H19F2N3O3S/c19-12-5-11-6-13(1-2-15(11)16(20)7-12)23-14(8-21-10-24)9-22(18(23)27)4-3-17(25)26/h5,7,9-10,13H,1-4,6,8H2,(H,21,24)(H,25,26)/t13-/m0/s1. The van der Waals surface area contributed by atoms with E-state index in [2.05, 4.69) is 5.32 Å². The van der Waals surface area contributed by atoms with Gasteiger partial charge in [0.05, 0.1) is 18.7 Å². The molecular formula is C18H19F2N3O3S. The van der Waals surface area contributed by atoms with Crippen LogP contribution in [0.4, 0.5) is 8.78 Å². The van der Waals surface area contributed by atoms with Gasteiger partial charge in [0.25, 0.3) is 0 Å². The van der Waals surface area contributed by atoms with Gasteiger partial charge in [-0.15, -0.1) is 0 Å². The van der Waals surface area contributed by atoms with Crippen molar-refractivity contribution in [2.24, 2.45) is 0 Å². The number of aryl methyl sites for hydroxylation is 1. The van der Waals surface area contributed by atoms with Gasteiger partial charge in [-0.05, 0) is 48.7 Å². The third kappa shape index (κ3) is 4.08. The molecule has 1 aliphatic carbocycles. The maximum absolute atomic E-state index is 14.0. The molecule has 0 saturated heterocycles. The van der Waals surface area contributed by atoms with E-state index in [0.717, 1.165) is 11.8 Å². The molecule has 1 amide bonds. The van der Waals surface area contributed by atoms with Crippen LogP contribution in [0.1, 0.15) is 35.7 Å². The van der Waals surface area contributed by atoms with Gasteiger partial charge in [-0.2, -0.15) is 0 Å². The van der Waals surface area contributed by atoms with Crippen LogP contribution in [0.3, 0.4) is 0 Å². The fraction of sp³-hybridized carbons (Fsp3) is 0.389. The Labute approximate surface area is 159 Å². The Morgan fingerprint density at radius 2 is 2.19 bits per heavy atom. The minimum Gasteiger partial charge on any atom is -0.481 e. The molecule has 2 aromatic rings. The van der Waals surface area contributed by atoms with Gasteiger partial charge < -0.3 is 19.6 Å². The smallest absolute Gasteiger partial charge is 0.305 e. The normalized spacial score (nSPS) is 16.0. The van der Waals surface area contributed by atoms with Gasteiger partial charge in [0.15, 0.2) is 4.77 Å². The number of nitrogens with one attached hydrogen (secondary N) is 1. The van der Waals surface area contributed by atoms with Crippen LogP contribution in [0.15, 0.2) is 18.3 Å². The second-order valence-corrected chi connectivity index (χ2v) is 6.90. The highest BCUT2D eigenvalue weighted by Gasteiger charge is 2.26. The van der Waals surface area contributed by atoms with Crippen molar-refractivity contribution in [3.63, 3.8) is 0 Å². The van der Waals surface area contributed by atoms with Gasteiger partial charge in [0, 0.05) is 24.8 Å². The maximum Gasteiger partial charge on any atom is 0.305 e. The fourth-order valence-corrected chi connectivity index (χ4v) is 4.02. The third-order valence-electron chi connectivity index (χ3n) is 4.80. The van der Waals surface area contributed by atoms with E-state index < -0.39 is 17.6 Å². The zero-order valence-corrected chi connectivity index (χ0v) is 15.3. The van der Waals surface area contributed by atoms with E-state index in [0.29, 0.717) is 41.6 Å². The lowest BCUT2D eigenvalue weighted by atomic mass is 9.87. The average Bonchev–Trinajstić information content (AvgIpc) is 2.93. The van der Waals surface area contributed by atoms with Crippen molar-refractivity contribution in [1.82, 2.24) is 14.5 Å². The van der Waals surface area contributed by atoms with E-state index in [1.54, 1.807) is 10.8 Å². The molecular weight excluding hydrogens is 376 g/mol. The van der Waals surface area contributed by atoms with Gasteiger partial charge in [0.1, 0.15) is 11.6 Å². The maximum atomic E-state index is 14.0. The van der Waals surface area contributed by atoms with E-state index in [9.17, 15) is 18.4 Å². The van der Waals surface area contributed by atoms with Gasteiger partial charge in [-0.1, -0.05) is 0 Å². The number of carbonyl (C=O) groups is 2. The topological polar surface area (TPSA) is 76.3 Å². The third-order valence-corrected chi connectivity index (χ3v) is 5.23. The zero-order chi connectivity index (χ0) is 19.6. The summed E-state index contributed by atoms with van der Waals surface area (Å²) >= 11 is 5.52. The molecule has 0 radical (unpaired) electrons. The first kappa shape index (κ1) is 19.2. The molecule has 0 bridgehead atoms. The first-order chi connectivity index (χ1) is 12.9. The van der Waals surface area contributed by atoms with Crippen molar-refractivity contribution in [3.8, 4) is 0 Å². The highest BCUT2D eigenvalue weighted by Crippen LogP contribution is 2.32. The Balaban J connectivity index is 1.95. The molecule has 144 valence electrons. The highest BCUT2D eigenvalue weighted by molar-refractivity contribution is 7.71. The largest absolute Gasteiger partial charge is 0.481 e. The van der Waals surface area contributed by atoms with Crippen molar-refractivity contribution in [2.45, 2.75) is 44.8 Å². The van der Waals surface area contributed by atoms with Crippen LogP contribution in [0, 0.1) is 16.4 Å². The Morgan fingerprint density at radius 1 is 1.41 bits per heavy atom. The molecule has 1 aliphatic rings. The monoisotopic (exact) mass is 395 g/mol. The second-order valence-electron chi connectivity index (χ2n) is 6.53. The molecule has 9 heteroatoms. The van der Waals surface area contributed by atoms with Crippen LogP contribution in [0.5, 0.6) is 0 Å². The SMILES string of the molecule is O=CNCc1cn(CCC(=O)O)c(=S)n1[C@H]1CCc2c(F)cc(F)cc2C1. The molecule has 0 saturated carbocycles. The zero-order valence-electron chi connectivity index (χ0n) is 14.5. The van der Waals surface area contributed by atoms with Crippen LogP contribution < -0.4 is 5.32 Å². The number of rotatable bonds is 7. The summed E-state index contributed by atoms with van der Waals surface area (Å²) in [4.78, 5) is 21.6. The Bertz CT molecular complexity index is 939. The van der Waals surface area contributed by atoms with E-state index in [1.807, 2.05) is 4.57 Å². The minimum atomic E-state index is -0.935. The molecule has 1 atom stereocenters. The van der Waals surface area contributed by atoms with Crippen LogP contribution in [0.25, 0.3) is 0 Å². The number of aliphatic carboxylic acids is 1. The van der Waals surface area contributed by atoms with Gasteiger partial charge in [0.2, 0.25) is 6.41 Å². The number of halogens is 2. The summed E-state index contributed by atoms with van der Waals surface area (Å²) in [5.41, 5.74) is 1.86. The molecule has 0 spiro atoms. The van der Waals surface area contributed by atoms with E-state index >= 15 is 0 Å². The van der Waals surface area contributed by atoms with Crippen molar-refractivity contribution in [1.29, 1.82) is 0 Å². The summed E-state index contributed by atoms with van der Waals surface area (Å²) in [6, 6.07) is 2.12. The number of benzene rings is 1. The average molecular weight is 395 g/mol. The number of nitrogens with zero attached hydrogens (tertiary/aromatic N) is 2. The molecule has 1 aromatic carbocycles. The number of imidazole rings is 1. The first-order valence-corrected chi connectivity index (χ1v) is 8.97. The Hall–Kier alpha value is -2.55. The number of hydrogen-bond acceptors (Lipinski definition) is 3. The van der Waals surface area contributed by atoms with Crippen molar-refractivity contribution in [2.75, 3.05) is 0 Å². The van der Waals surface area contributed by atoms with Crippen LogP contribution in [-0.4, -0.2) is 26.6 Å². The first-order valence-electron chi connectivity index (χ1n) is 8.57. The van der Waals surface area contributed by atoms with E-state index in [1.165, 1.54) is 6.07 Å². The Kier molecular flexibility index (Phi) is 5.69. The van der Waals surface area contributed by atoms with E-state index in [-0.39, 0.29) is 25.6 Å². The molecule has 27 heavy (non-hydrogen) atoms. The minimum absolute atomic E-state index is 0.0806. The van der Waals surface area contributed by atoms with Gasteiger partial charge in [-0.3, -0.25) is 9.59 Å². The molecule has 1 heterocycles. The molecule has 3 rings (SSSR count). The van der Waals surface area contributed by atoms with Gasteiger partial charge in [-0.25, -0.2) is 8.78 Å². The quantitative estimate of drug-likeness (QED) is 0.558. The van der Waals surface area contributed by atoms with Gasteiger partial charge >= 0.3 is 5.97 Å². The molecule has 0 aliphatic heterocycles. The number of carboxylic acids is 1. The summed E-state index contributed by atoms with van der Waals surface area (Å²) in [5, 5.41) is 11.5. The van der Waals surface area contributed by atoms with E-state index in [4.69, 9.17) is 17.3 Å². The van der Waals surface area contributed by atoms with Crippen molar-refractivity contribution >= 4 is 24.6 Å². The second kappa shape index (κ2) is 7.99. The number of carboxylic acid groups (broad SMARTS) is 1. The molecule has 0 unspecified atom stereocenters. The fourth-order valence-electron chi connectivity index (χ4n) is 3.61. The Morgan fingerprint density at radius 3 is 2.89 bits per heavy atom. The summed E-state index contributed by atoms with van der Waals surface area (Å²) in [7, 11) is 0. The summed E-state index contributed by atoms with van der Waals surface area (Å²) in [6.45, 7) is 0.440.